The summed E-state index contributed by atoms with van der Waals surface area (Å²) in [5, 5.41) is 0. The fourth-order valence-electron chi connectivity index (χ4n) is 1.74. The van der Waals surface area contributed by atoms with Crippen molar-refractivity contribution < 1.29 is 14.3 Å². The lowest BCUT2D eigenvalue weighted by atomic mass is 10.1. The van der Waals surface area contributed by atoms with Crippen molar-refractivity contribution in [2.45, 2.75) is 0 Å². The second kappa shape index (κ2) is 6.99. The lowest BCUT2D eigenvalue weighted by molar-refractivity contribution is 0.0995. The molecule has 0 unspecified atom stereocenters. The Morgan fingerprint density at radius 3 is 2.38 bits per heavy atom. The predicted molar refractivity (Wildman–Crippen MR) is 84.5 cm³/mol. The molecule has 21 heavy (non-hydrogen) atoms. The molecule has 0 aliphatic carbocycles. The third-order valence-electron chi connectivity index (χ3n) is 2.72. The van der Waals surface area contributed by atoms with E-state index in [1.807, 2.05) is 24.3 Å². The zero-order valence-corrected chi connectivity index (χ0v) is 12.8. The summed E-state index contributed by atoms with van der Waals surface area (Å²) in [5.41, 5.74) is 11.7. The largest absolute Gasteiger partial charge is 0.490 e. The van der Waals surface area contributed by atoms with Crippen LogP contribution in [0.1, 0.15) is 10.4 Å². The Bertz CT molecular complexity index is 629. The quantitative estimate of drug-likeness (QED) is 0.619. The molecule has 0 aromatic heterocycles. The average molecular weight is 351 g/mol. The molecule has 0 radical (unpaired) electrons. The van der Waals surface area contributed by atoms with Crippen LogP contribution >= 0.6 is 15.9 Å². The minimum atomic E-state index is -0.578. The molecule has 0 spiro atoms. The van der Waals surface area contributed by atoms with Crippen LogP contribution in [0.5, 0.6) is 11.5 Å². The number of amides is 1. The highest BCUT2D eigenvalue weighted by Gasteiger charge is 2.12. The first kappa shape index (κ1) is 15.2. The van der Waals surface area contributed by atoms with Crippen molar-refractivity contribution in [2.24, 2.45) is 5.73 Å². The standard InChI is InChI=1S/C15H15BrN2O3/c16-10-4-6-11(7-5-10)20-8-9-21-14-12(15(18)19)2-1-3-13(14)17/h1-7H,8-9,17H2,(H2,18,19). The number of rotatable bonds is 6. The van der Waals surface area contributed by atoms with Gasteiger partial charge in [0, 0.05) is 4.47 Å². The van der Waals surface area contributed by atoms with Gasteiger partial charge in [-0.3, -0.25) is 4.79 Å². The van der Waals surface area contributed by atoms with Crippen LogP contribution in [-0.2, 0) is 0 Å². The topological polar surface area (TPSA) is 87.6 Å². The van der Waals surface area contributed by atoms with Gasteiger partial charge in [-0.15, -0.1) is 0 Å². The fourth-order valence-corrected chi connectivity index (χ4v) is 2.01. The lowest BCUT2D eigenvalue weighted by Crippen LogP contribution is -2.16. The van der Waals surface area contributed by atoms with E-state index in [-0.39, 0.29) is 12.2 Å². The molecule has 2 aromatic rings. The molecular formula is C15H15BrN2O3. The minimum absolute atomic E-state index is 0.255. The number of halogens is 1. The number of hydrogen-bond acceptors (Lipinski definition) is 4. The third kappa shape index (κ3) is 4.13. The first-order valence-electron chi connectivity index (χ1n) is 6.27. The second-order valence-corrected chi connectivity index (χ2v) is 5.15. The van der Waals surface area contributed by atoms with Crippen molar-refractivity contribution in [3.63, 3.8) is 0 Å². The highest BCUT2D eigenvalue weighted by Crippen LogP contribution is 2.26. The Morgan fingerprint density at radius 2 is 1.71 bits per heavy atom. The molecule has 5 nitrogen and oxygen atoms in total. The van der Waals surface area contributed by atoms with Gasteiger partial charge in [-0.1, -0.05) is 22.0 Å². The van der Waals surface area contributed by atoms with E-state index in [9.17, 15) is 4.79 Å². The van der Waals surface area contributed by atoms with Gasteiger partial charge in [-0.25, -0.2) is 0 Å². The van der Waals surface area contributed by atoms with Gasteiger partial charge < -0.3 is 20.9 Å². The maximum Gasteiger partial charge on any atom is 0.252 e. The van der Waals surface area contributed by atoms with Crippen LogP contribution in [0.4, 0.5) is 5.69 Å². The minimum Gasteiger partial charge on any atom is -0.490 e. The van der Waals surface area contributed by atoms with E-state index in [1.54, 1.807) is 18.2 Å². The monoisotopic (exact) mass is 350 g/mol. The smallest absolute Gasteiger partial charge is 0.252 e. The molecule has 6 heteroatoms. The van der Waals surface area contributed by atoms with Crippen LogP contribution in [0.15, 0.2) is 46.9 Å². The van der Waals surface area contributed by atoms with E-state index in [2.05, 4.69) is 15.9 Å². The molecule has 0 saturated heterocycles. The molecular weight excluding hydrogens is 336 g/mol. The van der Waals surface area contributed by atoms with E-state index >= 15 is 0 Å². The van der Waals surface area contributed by atoms with Gasteiger partial charge >= 0.3 is 0 Å². The first-order chi connectivity index (χ1) is 10.1. The third-order valence-corrected chi connectivity index (χ3v) is 3.25. The van der Waals surface area contributed by atoms with Gasteiger partial charge in [0.05, 0.1) is 11.3 Å². The number of para-hydroxylation sites is 1. The second-order valence-electron chi connectivity index (χ2n) is 4.24. The van der Waals surface area contributed by atoms with Gasteiger partial charge in [0.1, 0.15) is 19.0 Å². The summed E-state index contributed by atoms with van der Waals surface area (Å²) < 4.78 is 12.0. The molecule has 0 aliphatic rings. The number of nitrogens with two attached hydrogens (primary N) is 2. The number of hydrogen-bond donors (Lipinski definition) is 2. The van der Waals surface area contributed by atoms with Crippen LogP contribution in [0, 0.1) is 0 Å². The summed E-state index contributed by atoms with van der Waals surface area (Å²) in [5.74, 6) is 0.452. The van der Waals surface area contributed by atoms with Gasteiger partial charge in [0.25, 0.3) is 5.91 Å². The Morgan fingerprint density at radius 1 is 1.05 bits per heavy atom. The maximum atomic E-state index is 11.3. The highest BCUT2D eigenvalue weighted by atomic mass is 79.9. The summed E-state index contributed by atoms with van der Waals surface area (Å²) in [6.07, 6.45) is 0. The van der Waals surface area contributed by atoms with Crippen molar-refractivity contribution in [1.82, 2.24) is 0 Å². The summed E-state index contributed by atoms with van der Waals surface area (Å²) in [4.78, 5) is 11.3. The Kier molecular flexibility index (Phi) is 5.05. The van der Waals surface area contributed by atoms with Crippen molar-refractivity contribution >= 4 is 27.5 Å². The molecule has 4 N–H and O–H groups in total. The van der Waals surface area contributed by atoms with Gasteiger partial charge in [0.15, 0.2) is 5.75 Å². The van der Waals surface area contributed by atoms with E-state index in [4.69, 9.17) is 20.9 Å². The lowest BCUT2D eigenvalue weighted by Gasteiger charge is -2.12. The van der Waals surface area contributed by atoms with Crippen molar-refractivity contribution in [2.75, 3.05) is 18.9 Å². The van der Waals surface area contributed by atoms with E-state index in [0.717, 1.165) is 10.2 Å². The van der Waals surface area contributed by atoms with Crippen LogP contribution in [0.3, 0.4) is 0 Å². The Hall–Kier alpha value is -2.21. The van der Waals surface area contributed by atoms with Crippen LogP contribution in [0.25, 0.3) is 0 Å². The normalized spacial score (nSPS) is 10.1. The van der Waals surface area contributed by atoms with E-state index in [0.29, 0.717) is 18.0 Å². The number of ether oxygens (including phenoxy) is 2. The van der Waals surface area contributed by atoms with E-state index in [1.165, 1.54) is 0 Å². The van der Waals surface area contributed by atoms with Crippen LogP contribution < -0.4 is 20.9 Å². The Labute approximate surface area is 131 Å². The van der Waals surface area contributed by atoms with Crippen molar-refractivity contribution in [3.8, 4) is 11.5 Å². The summed E-state index contributed by atoms with van der Waals surface area (Å²) in [6, 6.07) is 12.3. The first-order valence-corrected chi connectivity index (χ1v) is 7.06. The zero-order chi connectivity index (χ0) is 15.2. The summed E-state index contributed by atoms with van der Waals surface area (Å²) in [7, 11) is 0. The van der Waals surface area contributed by atoms with Gasteiger partial charge in [-0.2, -0.15) is 0 Å². The van der Waals surface area contributed by atoms with Crippen molar-refractivity contribution in [1.29, 1.82) is 0 Å². The number of anilines is 1. The SMILES string of the molecule is NC(=O)c1cccc(N)c1OCCOc1ccc(Br)cc1. The van der Waals surface area contributed by atoms with Gasteiger partial charge in [-0.05, 0) is 36.4 Å². The molecule has 0 bridgehead atoms. The number of nitrogen functional groups attached to an aromatic ring is 1. The van der Waals surface area contributed by atoms with Crippen LogP contribution in [-0.4, -0.2) is 19.1 Å². The number of carbonyl (C=O) groups is 1. The fraction of sp³-hybridized carbons (Fsp3) is 0.133. The molecule has 2 rings (SSSR count). The molecule has 2 aromatic carbocycles. The highest BCUT2D eigenvalue weighted by molar-refractivity contribution is 9.10. The molecule has 0 aliphatic heterocycles. The van der Waals surface area contributed by atoms with E-state index < -0.39 is 5.91 Å². The number of benzene rings is 2. The summed E-state index contributed by atoms with van der Waals surface area (Å²) >= 11 is 3.35. The van der Waals surface area contributed by atoms with Crippen LogP contribution in [0.2, 0.25) is 0 Å². The molecule has 0 fully saturated rings. The molecule has 110 valence electrons. The number of carbonyl (C=O) groups excluding carboxylic acids is 1. The molecule has 0 atom stereocenters. The Balaban J connectivity index is 1.92. The molecule has 1 amide bonds. The predicted octanol–water partition coefficient (Wildman–Crippen LogP) is 2.59. The molecule has 0 heterocycles. The average Bonchev–Trinajstić information content (AvgIpc) is 2.46. The molecule has 0 saturated carbocycles. The zero-order valence-electron chi connectivity index (χ0n) is 11.2. The maximum absolute atomic E-state index is 11.3. The summed E-state index contributed by atoms with van der Waals surface area (Å²) in [6.45, 7) is 0.582. The van der Waals surface area contributed by atoms with Crippen molar-refractivity contribution in [3.05, 3.63) is 52.5 Å². The number of primary amides is 1. The van der Waals surface area contributed by atoms with Gasteiger partial charge in [0.2, 0.25) is 0 Å².